The molecule has 0 saturated heterocycles. The molecular weight excluding hydrogens is 368 g/mol. The van der Waals surface area contributed by atoms with Crippen LogP contribution in [0.5, 0.6) is 0 Å². The molecule has 0 saturated carbocycles. The second kappa shape index (κ2) is 7.47. The molecule has 0 spiro atoms. The second-order valence-corrected chi connectivity index (χ2v) is 6.85. The Morgan fingerprint density at radius 3 is 2.76 bits per heavy atom. The maximum atomic E-state index is 13.3. The minimum Gasteiger partial charge on any atom is -0.373 e. The van der Waals surface area contributed by atoms with Crippen molar-refractivity contribution in [1.82, 2.24) is 15.0 Å². The molecule has 25 heavy (non-hydrogen) atoms. The molecule has 0 aliphatic carbocycles. The minimum absolute atomic E-state index is 0.114. The number of aromatic nitrogens is 3. The van der Waals surface area contributed by atoms with Gasteiger partial charge in [-0.2, -0.15) is 0 Å². The summed E-state index contributed by atoms with van der Waals surface area (Å²) in [4.78, 5) is 0. The van der Waals surface area contributed by atoms with Crippen LogP contribution < -0.4 is 11.1 Å². The zero-order valence-corrected chi connectivity index (χ0v) is 14.9. The van der Waals surface area contributed by atoms with E-state index in [0.29, 0.717) is 23.7 Å². The molecule has 0 amide bonds. The molecule has 0 radical (unpaired) electrons. The topological polar surface area (TPSA) is 68.8 Å². The van der Waals surface area contributed by atoms with Crippen LogP contribution in [0.4, 0.5) is 13.8 Å². The van der Waals surface area contributed by atoms with Gasteiger partial charge in [0.05, 0.1) is 5.00 Å². The van der Waals surface area contributed by atoms with Gasteiger partial charge in [0.15, 0.2) is 16.8 Å². The summed E-state index contributed by atoms with van der Waals surface area (Å²) in [5.41, 5.74) is 8.12. The van der Waals surface area contributed by atoms with Gasteiger partial charge in [-0.15, -0.1) is 16.4 Å². The maximum Gasteiger partial charge on any atom is 0.179 e. The number of thiophene rings is 1. The largest absolute Gasteiger partial charge is 0.373 e. The van der Waals surface area contributed by atoms with Crippen LogP contribution in [0.3, 0.4) is 0 Å². The van der Waals surface area contributed by atoms with Gasteiger partial charge in [-0.3, -0.25) is 0 Å². The van der Waals surface area contributed by atoms with E-state index in [1.807, 2.05) is 11.4 Å². The van der Waals surface area contributed by atoms with E-state index in [2.05, 4.69) is 15.6 Å². The van der Waals surface area contributed by atoms with Gasteiger partial charge in [0.25, 0.3) is 0 Å². The molecule has 0 fully saturated rings. The predicted molar refractivity (Wildman–Crippen MR) is 95.9 cm³/mol. The number of benzene rings is 1. The smallest absolute Gasteiger partial charge is 0.179 e. The number of nitrogens with one attached hydrogen (secondary N) is 1. The highest BCUT2D eigenvalue weighted by Crippen LogP contribution is 2.32. The van der Waals surface area contributed by atoms with Gasteiger partial charge in [0, 0.05) is 30.6 Å². The number of hydrogen-bond acceptors (Lipinski definition) is 5. The summed E-state index contributed by atoms with van der Waals surface area (Å²) >= 11 is 7.56. The van der Waals surface area contributed by atoms with E-state index in [0.717, 1.165) is 22.3 Å². The third-order valence-corrected chi connectivity index (χ3v) is 4.87. The van der Waals surface area contributed by atoms with Crippen molar-refractivity contribution in [2.24, 2.45) is 12.8 Å². The van der Waals surface area contributed by atoms with Gasteiger partial charge in [-0.25, -0.2) is 13.5 Å². The lowest BCUT2D eigenvalue weighted by Gasteiger charge is -2.17. The molecule has 3 aromatic rings. The van der Waals surface area contributed by atoms with Crippen LogP contribution in [0.25, 0.3) is 11.3 Å². The Labute approximate surface area is 152 Å². The van der Waals surface area contributed by atoms with Crippen LogP contribution in [-0.2, 0) is 13.5 Å². The normalized spacial score (nSPS) is 12.4. The van der Waals surface area contributed by atoms with E-state index in [1.54, 1.807) is 17.8 Å². The van der Waals surface area contributed by atoms with Gasteiger partial charge >= 0.3 is 0 Å². The van der Waals surface area contributed by atoms with Crippen LogP contribution in [-0.4, -0.2) is 27.6 Å². The molecular formula is C16H16ClF2N5S. The van der Waals surface area contributed by atoms with Gasteiger partial charge in [0.2, 0.25) is 0 Å². The van der Waals surface area contributed by atoms with Gasteiger partial charge in [0.1, 0.15) is 5.69 Å². The fraction of sp³-hybridized carbons (Fsp3) is 0.250. The summed E-state index contributed by atoms with van der Waals surface area (Å²) < 4.78 is 28.0. The summed E-state index contributed by atoms with van der Waals surface area (Å²) in [7, 11) is 1.77. The predicted octanol–water partition coefficient (Wildman–Crippen LogP) is 3.46. The highest BCUT2D eigenvalue weighted by Gasteiger charge is 2.15. The molecule has 1 aromatic carbocycles. The van der Waals surface area contributed by atoms with E-state index in [1.165, 1.54) is 17.4 Å². The summed E-state index contributed by atoms with van der Waals surface area (Å²) in [6.45, 7) is 0.347. The molecule has 5 nitrogen and oxygen atoms in total. The third kappa shape index (κ3) is 3.97. The summed E-state index contributed by atoms with van der Waals surface area (Å²) in [6, 6.07) is 5.70. The number of rotatable bonds is 6. The minimum atomic E-state index is -0.856. The first-order valence-electron chi connectivity index (χ1n) is 7.52. The van der Waals surface area contributed by atoms with E-state index in [-0.39, 0.29) is 6.04 Å². The number of nitrogens with two attached hydrogens (primary N) is 1. The van der Waals surface area contributed by atoms with Crippen LogP contribution >= 0.6 is 22.9 Å². The molecule has 0 bridgehead atoms. The van der Waals surface area contributed by atoms with Gasteiger partial charge < -0.3 is 11.1 Å². The molecule has 132 valence electrons. The standard InChI is InChI=1S/C16H16ClF2N5S/c1-24-15(16(17)22-23-24)10-6-14(25-8-10)21-11(7-20)4-9-2-3-12(18)13(19)5-9/h2-3,5-6,8,11,21H,4,7,20H2,1H3/t11-/m0/s1. The van der Waals surface area contributed by atoms with Crippen molar-refractivity contribution in [1.29, 1.82) is 0 Å². The van der Waals surface area contributed by atoms with E-state index in [4.69, 9.17) is 17.3 Å². The molecule has 0 aliphatic heterocycles. The molecule has 0 unspecified atom stereocenters. The fourth-order valence-corrected chi connectivity index (χ4v) is 3.65. The molecule has 3 N–H and O–H groups in total. The SMILES string of the molecule is Cn1nnc(Cl)c1-c1csc(N[C@H](CN)Cc2ccc(F)c(F)c2)c1. The van der Waals surface area contributed by atoms with Crippen LogP contribution in [0.1, 0.15) is 5.56 Å². The number of nitrogens with zero attached hydrogens (tertiary/aromatic N) is 3. The average molecular weight is 384 g/mol. The molecule has 3 rings (SSSR count). The fourth-order valence-electron chi connectivity index (χ4n) is 2.52. The van der Waals surface area contributed by atoms with Crippen LogP contribution in [0, 0.1) is 11.6 Å². The number of halogens is 3. The van der Waals surface area contributed by atoms with E-state index < -0.39 is 11.6 Å². The lowest BCUT2D eigenvalue weighted by Crippen LogP contribution is -2.30. The van der Waals surface area contributed by atoms with E-state index >= 15 is 0 Å². The van der Waals surface area contributed by atoms with Gasteiger partial charge in [-0.1, -0.05) is 22.9 Å². The van der Waals surface area contributed by atoms with Crippen molar-refractivity contribution >= 4 is 27.9 Å². The van der Waals surface area contributed by atoms with Gasteiger partial charge in [-0.05, 0) is 30.2 Å². The lowest BCUT2D eigenvalue weighted by atomic mass is 10.1. The Morgan fingerprint density at radius 1 is 1.32 bits per heavy atom. The zero-order valence-electron chi connectivity index (χ0n) is 13.3. The molecule has 2 aromatic heterocycles. The summed E-state index contributed by atoms with van der Waals surface area (Å²) in [5, 5.41) is 14.2. The first-order valence-corrected chi connectivity index (χ1v) is 8.78. The van der Waals surface area contributed by atoms with Crippen molar-refractivity contribution in [3.63, 3.8) is 0 Å². The summed E-state index contributed by atoms with van der Waals surface area (Å²) in [5.74, 6) is -1.71. The monoisotopic (exact) mass is 383 g/mol. The number of anilines is 1. The highest BCUT2D eigenvalue weighted by molar-refractivity contribution is 7.14. The van der Waals surface area contributed by atoms with Crippen molar-refractivity contribution < 1.29 is 8.78 Å². The van der Waals surface area contributed by atoms with Crippen molar-refractivity contribution in [3.8, 4) is 11.3 Å². The lowest BCUT2D eigenvalue weighted by molar-refractivity contribution is 0.506. The first-order chi connectivity index (χ1) is 12.0. The molecule has 9 heteroatoms. The maximum absolute atomic E-state index is 13.3. The summed E-state index contributed by atoms with van der Waals surface area (Å²) in [6.07, 6.45) is 0.481. The molecule has 2 heterocycles. The van der Waals surface area contributed by atoms with Crippen molar-refractivity contribution in [2.45, 2.75) is 12.5 Å². The van der Waals surface area contributed by atoms with Crippen molar-refractivity contribution in [3.05, 3.63) is 52.0 Å². The van der Waals surface area contributed by atoms with Crippen molar-refractivity contribution in [2.75, 3.05) is 11.9 Å². The number of hydrogen-bond donors (Lipinski definition) is 2. The third-order valence-electron chi connectivity index (χ3n) is 3.76. The molecule has 1 atom stereocenters. The quantitative estimate of drug-likeness (QED) is 0.684. The molecule has 0 aliphatic rings. The second-order valence-electron chi connectivity index (χ2n) is 5.58. The first kappa shape index (κ1) is 17.8. The number of aryl methyl sites for hydroxylation is 1. The van der Waals surface area contributed by atoms with E-state index in [9.17, 15) is 8.78 Å². The Morgan fingerprint density at radius 2 is 2.12 bits per heavy atom. The zero-order chi connectivity index (χ0) is 18.0. The Kier molecular flexibility index (Phi) is 5.31. The Hall–Kier alpha value is -2.03. The Balaban J connectivity index is 1.73. The van der Waals surface area contributed by atoms with Crippen LogP contribution in [0.15, 0.2) is 29.6 Å². The Bertz CT molecular complexity index is 860. The highest BCUT2D eigenvalue weighted by atomic mass is 35.5. The average Bonchev–Trinajstić information content (AvgIpc) is 3.16. The van der Waals surface area contributed by atoms with Crippen LogP contribution in [0.2, 0.25) is 5.15 Å².